The summed E-state index contributed by atoms with van der Waals surface area (Å²) in [5.41, 5.74) is 0.698. The van der Waals surface area contributed by atoms with E-state index in [2.05, 4.69) is 15.6 Å². The van der Waals surface area contributed by atoms with Gasteiger partial charge >= 0.3 is 0 Å². The van der Waals surface area contributed by atoms with Crippen LogP contribution in [-0.2, 0) is 16.1 Å². The molecule has 1 aliphatic rings. The molecule has 2 N–H and O–H groups in total. The lowest BCUT2D eigenvalue weighted by Crippen LogP contribution is -2.34. The summed E-state index contributed by atoms with van der Waals surface area (Å²) in [6.07, 6.45) is 1.89. The second kappa shape index (κ2) is 6.90. The molecule has 0 spiro atoms. The van der Waals surface area contributed by atoms with Crippen LogP contribution >= 0.6 is 34.7 Å². The Morgan fingerprint density at radius 2 is 2.30 bits per heavy atom. The highest BCUT2D eigenvalue weighted by molar-refractivity contribution is 8.01. The van der Waals surface area contributed by atoms with Crippen molar-refractivity contribution in [1.29, 1.82) is 0 Å². The third-order valence-electron chi connectivity index (χ3n) is 3.26. The number of amides is 2. The molecular formula is C15H14ClN3O2S2. The van der Waals surface area contributed by atoms with E-state index in [1.165, 1.54) is 11.8 Å². The number of hydrogen-bond acceptors (Lipinski definition) is 5. The van der Waals surface area contributed by atoms with Crippen LogP contribution in [0.2, 0.25) is 5.02 Å². The maximum absolute atomic E-state index is 12.1. The van der Waals surface area contributed by atoms with E-state index in [-0.39, 0.29) is 18.2 Å². The first kappa shape index (κ1) is 16.3. The van der Waals surface area contributed by atoms with E-state index >= 15 is 0 Å². The molecule has 2 aromatic rings. The molecule has 1 unspecified atom stereocenters. The average molecular weight is 368 g/mol. The summed E-state index contributed by atoms with van der Waals surface area (Å²) in [6.45, 7) is 2.36. The van der Waals surface area contributed by atoms with Gasteiger partial charge in [0.1, 0.15) is 0 Å². The van der Waals surface area contributed by atoms with Gasteiger partial charge in [-0.1, -0.05) is 11.6 Å². The zero-order valence-corrected chi connectivity index (χ0v) is 14.6. The Morgan fingerprint density at radius 1 is 1.48 bits per heavy atom. The third kappa shape index (κ3) is 4.04. The number of anilines is 1. The molecule has 120 valence electrons. The summed E-state index contributed by atoms with van der Waals surface area (Å²) in [5, 5.41) is 6.73. The highest BCUT2D eigenvalue weighted by Crippen LogP contribution is 2.38. The lowest BCUT2D eigenvalue weighted by atomic mass is 10.2. The quantitative estimate of drug-likeness (QED) is 0.870. The molecule has 1 aromatic carbocycles. The first-order valence-corrected chi connectivity index (χ1v) is 9.04. The fraction of sp³-hybridized carbons (Fsp3) is 0.267. The summed E-state index contributed by atoms with van der Waals surface area (Å²) in [4.78, 5) is 30.2. The van der Waals surface area contributed by atoms with E-state index in [0.29, 0.717) is 17.3 Å². The Balaban J connectivity index is 1.58. The molecule has 2 amide bonds. The van der Waals surface area contributed by atoms with E-state index in [4.69, 9.17) is 11.6 Å². The molecule has 0 bridgehead atoms. The van der Waals surface area contributed by atoms with Crippen LogP contribution < -0.4 is 10.6 Å². The van der Waals surface area contributed by atoms with Crippen LogP contribution in [0.4, 0.5) is 5.69 Å². The second-order valence-electron chi connectivity index (χ2n) is 5.06. The van der Waals surface area contributed by atoms with E-state index < -0.39 is 5.25 Å². The van der Waals surface area contributed by atoms with Gasteiger partial charge in [0.25, 0.3) is 0 Å². The number of hydrogen-bond donors (Lipinski definition) is 2. The van der Waals surface area contributed by atoms with Gasteiger partial charge in [-0.25, -0.2) is 4.98 Å². The Morgan fingerprint density at radius 3 is 3.04 bits per heavy atom. The van der Waals surface area contributed by atoms with Crippen molar-refractivity contribution in [3.8, 4) is 0 Å². The second-order valence-corrected chi connectivity index (χ2v) is 8.06. The van der Waals surface area contributed by atoms with Gasteiger partial charge in [0.05, 0.1) is 22.5 Å². The standard InChI is InChI=1S/C15H14ClN3O2S2/c1-8-17-6-10(22-8)7-18-14(20)5-13-15(21)19-11-4-9(16)2-3-12(11)23-13/h2-4,6,13H,5,7H2,1H3,(H,18,20)(H,19,21). The predicted octanol–water partition coefficient (Wildman–Crippen LogP) is 3.22. The zero-order valence-electron chi connectivity index (χ0n) is 12.3. The fourth-order valence-corrected chi connectivity index (χ4v) is 4.17. The SMILES string of the molecule is Cc1ncc(CNC(=O)CC2Sc3ccc(Cl)cc3NC2=O)s1. The molecule has 0 radical (unpaired) electrons. The van der Waals surface area contributed by atoms with Gasteiger partial charge < -0.3 is 10.6 Å². The number of carbonyl (C=O) groups is 2. The topological polar surface area (TPSA) is 71.1 Å². The van der Waals surface area contributed by atoms with Crippen LogP contribution in [0.5, 0.6) is 0 Å². The van der Waals surface area contributed by atoms with E-state index in [1.807, 2.05) is 13.0 Å². The molecule has 3 rings (SSSR count). The van der Waals surface area contributed by atoms with Crippen molar-refractivity contribution in [2.45, 2.75) is 30.0 Å². The molecule has 0 fully saturated rings. The predicted molar refractivity (Wildman–Crippen MR) is 93.0 cm³/mol. The molecule has 1 atom stereocenters. The summed E-state index contributed by atoms with van der Waals surface area (Å²) >= 11 is 8.85. The zero-order chi connectivity index (χ0) is 16.4. The lowest BCUT2D eigenvalue weighted by Gasteiger charge is -2.23. The van der Waals surface area contributed by atoms with Gasteiger partial charge in [-0.15, -0.1) is 23.1 Å². The van der Waals surface area contributed by atoms with Crippen LogP contribution in [0.1, 0.15) is 16.3 Å². The van der Waals surface area contributed by atoms with Crippen molar-refractivity contribution >= 4 is 52.2 Å². The largest absolute Gasteiger partial charge is 0.351 e. The molecule has 23 heavy (non-hydrogen) atoms. The number of rotatable bonds is 4. The number of fused-ring (bicyclic) bond motifs is 1. The van der Waals surface area contributed by atoms with Crippen LogP contribution in [-0.4, -0.2) is 22.0 Å². The van der Waals surface area contributed by atoms with Gasteiger partial charge in [-0.3, -0.25) is 9.59 Å². The lowest BCUT2D eigenvalue weighted by molar-refractivity contribution is -0.124. The van der Waals surface area contributed by atoms with Crippen LogP contribution in [0.25, 0.3) is 0 Å². The number of thiazole rings is 1. The fourth-order valence-electron chi connectivity index (χ4n) is 2.17. The number of nitrogens with zero attached hydrogens (tertiary/aromatic N) is 1. The Labute approximate surface area is 146 Å². The van der Waals surface area contributed by atoms with Crippen LogP contribution in [0.15, 0.2) is 29.3 Å². The molecule has 2 heterocycles. The molecular weight excluding hydrogens is 354 g/mol. The maximum Gasteiger partial charge on any atom is 0.238 e. The number of aryl methyl sites for hydroxylation is 1. The van der Waals surface area contributed by atoms with Crippen molar-refractivity contribution in [1.82, 2.24) is 10.3 Å². The summed E-state index contributed by atoms with van der Waals surface area (Å²) in [5.74, 6) is -0.324. The van der Waals surface area contributed by atoms with E-state index in [1.54, 1.807) is 29.7 Å². The van der Waals surface area contributed by atoms with Gasteiger partial charge in [0.15, 0.2) is 0 Å². The minimum absolute atomic E-state index is 0.135. The summed E-state index contributed by atoms with van der Waals surface area (Å²) < 4.78 is 0. The molecule has 0 aliphatic carbocycles. The van der Waals surface area contributed by atoms with Gasteiger partial charge in [0.2, 0.25) is 11.8 Å². The van der Waals surface area contributed by atoms with Gasteiger partial charge in [-0.2, -0.15) is 0 Å². The Kier molecular flexibility index (Phi) is 4.89. The van der Waals surface area contributed by atoms with Gasteiger partial charge in [0, 0.05) is 27.4 Å². The molecule has 8 heteroatoms. The van der Waals surface area contributed by atoms with Crippen molar-refractivity contribution < 1.29 is 9.59 Å². The van der Waals surface area contributed by atoms with Crippen molar-refractivity contribution in [2.75, 3.05) is 5.32 Å². The number of halogens is 1. The minimum Gasteiger partial charge on any atom is -0.351 e. The molecule has 1 aliphatic heterocycles. The van der Waals surface area contributed by atoms with Gasteiger partial charge in [-0.05, 0) is 25.1 Å². The Hall–Kier alpha value is -1.57. The number of carbonyl (C=O) groups excluding carboxylic acids is 2. The average Bonchev–Trinajstić information content (AvgIpc) is 2.92. The third-order valence-corrected chi connectivity index (χ3v) is 5.68. The molecule has 1 aromatic heterocycles. The first-order chi connectivity index (χ1) is 11.0. The summed E-state index contributed by atoms with van der Waals surface area (Å²) in [7, 11) is 0. The summed E-state index contributed by atoms with van der Waals surface area (Å²) in [6, 6.07) is 5.34. The van der Waals surface area contributed by atoms with E-state index in [0.717, 1.165) is 14.8 Å². The van der Waals surface area contributed by atoms with Crippen molar-refractivity contribution in [3.05, 3.63) is 39.3 Å². The molecule has 5 nitrogen and oxygen atoms in total. The Bertz CT molecular complexity index is 763. The van der Waals surface area contributed by atoms with Crippen molar-refractivity contribution in [3.63, 3.8) is 0 Å². The highest BCUT2D eigenvalue weighted by atomic mass is 35.5. The highest BCUT2D eigenvalue weighted by Gasteiger charge is 2.29. The maximum atomic E-state index is 12.1. The van der Waals surface area contributed by atoms with Crippen molar-refractivity contribution in [2.24, 2.45) is 0 Å². The minimum atomic E-state index is -0.438. The number of benzene rings is 1. The number of aromatic nitrogens is 1. The normalized spacial score (nSPS) is 16.6. The van der Waals surface area contributed by atoms with Crippen LogP contribution in [0, 0.1) is 6.92 Å². The van der Waals surface area contributed by atoms with E-state index in [9.17, 15) is 9.59 Å². The first-order valence-electron chi connectivity index (χ1n) is 6.96. The monoisotopic (exact) mass is 367 g/mol. The molecule has 0 saturated heterocycles. The van der Waals surface area contributed by atoms with Crippen LogP contribution in [0.3, 0.4) is 0 Å². The number of thioether (sulfide) groups is 1. The smallest absolute Gasteiger partial charge is 0.238 e. The number of nitrogens with one attached hydrogen (secondary N) is 2. The molecule has 0 saturated carbocycles.